The quantitative estimate of drug-likeness (QED) is 0.743. The Morgan fingerprint density at radius 3 is 2.75 bits per heavy atom. The van der Waals surface area contributed by atoms with Gasteiger partial charge in [0.1, 0.15) is 0 Å². The van der Waals surface area contributed by atoms with E-state index in [2.05, 4.69) is 40.2 Å². The molecule has 0 amide bonds. The van der Waals surface area contributed by atoms with Crippen LogP contribution in [0.5, 0.6) is 0 Å². The molecule has 1 atom stereocenters. The fraction of sp³-hybridized carbons (Fsp3) is 0.250. The largest absolute Gasteiger partial charge is 0.327 e. The summed E-state index contributed by atoms with van der Waals surface area (Å²) in [6, 6.07) is 14.5. The molecule has 0 aromatic heterocycles. The maximum atomic E-state index is 6.24. The van der Waals surface area contributed by atoms with Gasteiger partial charge in [0.25, 0.3) is 0 Å². The molecule has 2 aromatic rings. The predicted molar refractivity (Wildman–Crippen MR) is 92.7 cm³/mol. The minimum absolute atomic E-state index is 0.0965. The first-order valence-corrected chi connectivity index (χ1v) is 8.59. The van der Waals surface area contributed by atoms with Crippen LogP contribution in [0.2, 0.25) is 5.02 Å². The molecule has 2 N–H and O–H groups in total. The van der Waals surface area contributed by atoms with Crippen LogP contribution in [0.1, 0.15) is 11.1 Å². The van der Waals surface area contributed by atoms with Crippen LogP contribution in [0.25, 0.3) is 0 Å². The second-order valence-corrected chi connectivity index (χ2v) is 7.24. The van der Waals surface area contributed by atoms with E-state index < -0.39 is 0 Å². The Morgan fingerprint density at radius 2 is 2.05 bits per heavy atom. The smallest absolute Gasteiger partial charge is 0.0441 e. The standard InChI is InChI=1S/C16H17BrClNS/c1-11-5-6-12(16(18)7-11)8-14(19)10-20-15-4-2-3-13(17)9-15/h2-7,9,14H,8,10,19H2,1H3. The molecule has 0 aliphatic heterocycles. The molecule has 0 heterocycles. The van der Waals surface area contributed by atoms with Crippen molar-refractivity contribution in [2.24, 2.45) is 5.73 Å². The summed E-state index contributed by atoms with van der Waals surface area (Å²) < 4.78 is 1.10. The number of nitrogens with two attached hydrogens (primary N) is 1. The van der Waals surface area contributed by atoms with E-state index in [9.17, 15) is 0 Å². The predicted octanol–water partition coefficient (Wildman–Crippen LogP) is 5.07. The summed E-state index contributed by atoms with van der Waals surface area (Å²) >= 11 is 11.5. The zero-order chi connectivity index (χ0) is 14.5. The lowest BCUT2D eigenvalue weighted by atomic mass is 10.1. The van der Waals surface area contributed by atoms with Crippen LogP contribution in [-0.2, 0) is 6.42 Å². The van der Waals surface area contributed by atoms with Crippen LogP contribution in [-0.4, -0.2) is 11.8 Å². The first-order chi connectivity index (χ1) is 9.54. The molecule has 0 bridgehead atoms. The Kier molecular flexibility index (Phi) is 5.97. The summed E-state index contributed by atoms with van der Waals surface area (Å²) in [6.07, 6.45) is 0.806. The van der Waals surface area contributed by atoms with Crippen molar-refractivity contribution >= 4 is 39.3 Å². The van der Waals surface area contributed by atoms with Gasteiger partial charge in [0.05, 0.1) is 0 Å². The Hall–Kier alpha value is -0.480. The SMILES string of the molecule is Cc1ccc(CC(N)CSc2cccc(Br)c2)c(Cl)c1. The molecule has 0 aliphatic rings. The number of rotatable bonds is 5. The molecule has 1 nitrogen and oxygen atoms in total. The molecule has 1 unspecified atom stereocenters. The average molecular weight is 371 g/mol. The van der Waals surface area contributed by atoms with Crippen LogP contribution in [0, 0.1) is 6.92 Å². The number of aryl methyl sites for hydroxylation is 1. The highest BCUT2D eigenvalue weighted by atomic mass is 79.9. The average Bonchev–Trinajstić information content (AvgIpc) is 2.40. The summed E-state index contributed by atoms with van der Waals surface area (Å²) in [5.41, 5.74) is 8.51. The number of benzene rings is 2. The van der Waals surface area contributed by atoms with E-state index in [4.69, 9.17) is 17.3 Å². The minimum Gasteiger partial charge on any atom is -0.327 e. The van der Waals surface area contributed by atoms with Gasteiger partial charge in [0.2, 0.25) is 0 Å². The summed E-state index contributed by atoms with van der Waals surface area (Å²) in [7, 11) is 0. The normalized spacial score (nSPS) is 12.4. The fourth-order valence-corrected chi connectivity index (χ4v) is 3.69. The Bertz CT molecular complexity index is 588. The van der Waals surface area contributed by atoms with Crippen LogP contribution in [0.15, 0.2) is 51.8 Å². The maximum absolute atomic E-state index is 6.24. The molecule has 106 valence electrons. The van der Waals surface area contributed by atoms with Gasteiger partial charge in [-0.05, 0) is 48.7 Å². The van der Waals surface area contributed by atoms with E-state index >= 15 is 0 Å². The molecule has 4 heteroatoms. The van der Waals surface area contributed by atoms with Gasteiger partial charge in [0.15, 0.2) is 0 Å². The van der Waals surface area contributed by atoms with Crippen LogP contribution < -0.4 is 5.73 Å². The van der Waals surface area contributed by atoms with Crippen molar-refractivity contribution in [3.63, 3.8) is 0 Å². The van der Waals surface area contributed by atoms with E-state index in [1.807, 2.05) is 25.1 Å². The molecule has 0 radical (unpaired) electrons. The van der Waals surface area contributed by atoms with Crippen LogP contribution in [0.4, 0.5) is 0 Å². The van der Waals surface area contributed by atoms with Crippen LogP contribution in [0.3, 0.4) is 0 Å². The van der Waals surface area contributed by atoms with E-state index in [0.717, 1.165) is 27.2 Å². The summed E-state index contributed by atoms with van der Waals surface area (Å²) in [6.45, 7) is 2.04. The minimum atomic E-state index is 0.0965. The Balaban J connectivity index is 1.90. The van der Waals surface area contributed by atoms with Crippen LogP contribution >= 0.6 is 39.3 Å². The monoisotopic (exact) mass is 369 g/mol. The number of hydrogen-bond acceptors (Lipinski definition) is 2. The van der Waals surface area contributed by atoms with E-state index in [1.54, 1.807) is 11.8 Å². The van der Waals surface area contributed by atoms with Gasteiger partial charge in [-0.3, -0.25) is 0 Å². The van der Waals surface area contributed by atoms with Crippen molar-refractivity contribution in [3.05, 3.63) is 63.1 Å². The molecule has 0 spiro atoms. The summed E-state index contributed by atoms with van der Waals surface area (Å²) in [5, 5.41) is 0.813. The first-order valence-electron chi connectivity index (χ1n) is 6.43. The van der Waals surface area contributed by atoms with E-state index in [0.29, 0.717) is 0 Å². The highest BCUT2D eigenvalue weighted by Gasteiger charge is 2.08. The molecule has 2 rings (SSSR count). The fourth-order valence-electron chi connectivity index (χ4n) is 1.92. The molecule has 0 aliphatic carbocycles. The lowest BCUT2D eigenvalue weighted by Crippen LogP contribution is -2.25. The third-order valence-corrected chi connectivity index (χ3v) is 4.98. The van der Waals surface area contributed by atoms with Gasteiger partial charge >= 0.3 is 0 Å². The zero-order valence-electron chi connectivity index (χ0n) is 11.3. The second kappa shape index (κ2) is 7.51. The number of hydrogen-bond donors (Lipinski definition) is 1. The van der Waals surface area contributed by atoms with Crippen molar-refractivity contribution in [2.45, 2.75) is 24.3 Å². The van der Waals surface area contributed by atoms with Gasteiger partial charge in [0, 0.05) is 26.2 Å². The lowest BCUT2D eigenvalue weighted by Gasteiger charge is -2.13. The maximum Gasteiger partial charge on any atom is 0.0441 e. The molecular weight excluding hydrogens is 354 g/mol. The molecule has 0 saturated heterocycles. The van der Waals surface area contributed by atoms with Crippen molar-refractivity contribution < 1.29 is 0 Å². The first kappa shape index (κ1) is 15.9. The highest BCUT2D eigenvalue weighted by molar-refractivity contribution is 9.10. The number of halogens is 2. The summed E-state index contributed by atoms with van der Waals surface area (Å²) in [4.78, 5) is 1.23. The number of thioether (sulfide) groups is 1. The summed E-state index contributed by atoms with van der Waals surface area (Å²) in [5.74, 6) is 0.876. The van der Waals surface area contributed by atoms with Crippen molar-refractivity contribution in [1.29, 1.82) is 0 Å². The molecule has 0 saturated carbocycles. The second-order valence-electron chi connectivity index (χ2n) is 4.83. The highest BCUT2D eigenvalue weighted by Crippen LogP contribution is 2.24. The molecule has 20 heavy (non-hydrogen) atoms. The zero-order valence-corrected chi connectivity index (χ0v) is 14.4. The van der Waals surface area contributed by atoms with E-state index in [-0.39, 0.29) is 6.04 Å². The molecule has 2 aromatic carbocycles. The topological polar surface area (TPSA) is 26.0 Å². The third kappa shape index (κ3) is 4.81. The van der Waals surface area contributed by atoms with Crippen molar-refractivity contribution in [1.82, 2.24) is 0 Å². The van der Waals surface area contributed by atoms with Crippen molar-refractivity contribution in [3.8, 4) is 0 Å². The van der Waals surface area contributed by atoms with Gasteiger partial charge in [-0.15, -0.1) is 11.8 Å². The molecular formula is C16H17BrClNS. The van der Waals surface area contributed by atoms with Gasteiger partial charge in [-0.2, -0.15) is 0 Å². The lowest BCUT2D eigenvalue weighted by molar-refractivity contribution is 0.748. The van der Waals surface area contributed by atoms with Gasteiger partial charge in [-0.1, -0.05) is 45.7 Å². The van der Waals surface area contributed by atoms with Crippen molar-refractivity contribution in [2.75, 3.05) is 5.75 Å². The van der Waals surface area contributed by atoms with Gasteiger partial charge in [-0.25, -0.2) is 0 Å². The van der Waals surface area contributed by atoms with E-state index in [1.165, 1.54) is 10.5 Å². The third-order valence-electron chi connectivity index (χ3n) is 2.95. The van der Waals surface area contributed by atoms with Gasteiger partial charge < -0.3 is 5.73 Å². The Morgan fingerprint density at radius 1 is 1.25 bits per heavy atom. The Labute approximate surface area is 138 Å². The molecule has 0 fully saturated rings.